The van der Waals surface area contributed by atoms with Gasteiger partial charge in [0.1, 0.15) is 11.6 Å². The monoisotopic (exact) mass is 293 g/mol. The fraction of sp³-hybridized carbons (Fsp3) is 0.385. The Kier molecular flexibility index (Phi) is 4.36. The van der Waals surface area contributed by atoms with Gasteiger partial charge in [0.2, 0.25) is 11.8 Å². The van der Waals surface area contributed by atoms with Crippen LogP contribution in [0.5, 0.6) is 5.88 Å². The highest BCUT2D eigenvalue weighted by Gasteiger charge is 2.36. The number of nitrogens with zero attached hydrogens (tertiary/aromatic N) is 2. The van der Waals surface area contributed by atoms with Crippen LogP contribution in [0.25, 0.3) is 0 Å². The van der Waals surface area contributed by atoms with Gasteiger partial charge in [-0.2, -0.15) is 0 Å². The molecule has 0 aliphatic carbocycles. The first kappa shape index (κ1) is 14.8. The largest absolute Gasteiger partial charge is 0.481 e. The normalized spacial score (nSPS) is 18.0. The molecule has 1 aromatic rings. The van der Waals surface area contributed by atoms with Crippen molar-refractivity contribution in [1.29, 1.82) is 0 Å². The Morgan fingerprint density at radius 2 is 2.33 bits per heavy atom. The third kappa shape index (κ3) is 3.10. The van der Waals surface area contributed by atoms with Gasteiger partial charge in [-0.15, -0.1) is 0 Å². The topological polar surface area (TPSA) is 109 Å². The molecular weight excluding hydrogens is 278 g/mol. The molecule has 2 rings (SSSR count). The maximum absolute atomic E-state index is 12.5. The summed E-state index contributed by atoms with van der Waals surface area (Å²) in [7, 11) is 1.39. The molecule has 8 heteroatoms. The first-order valence-electron chi connectivity index (χ1n) is 6.34. The summed E-state index contributed by atoms with van der Waals surface area (Å²) in [6.45, 7) is 0.518. The van der Waals surface area contributed by atoms with Crippen LogP contribution in [0, 0.1) is 0 Å². The number of ether oxygens (including phenoxy) is 1. The molecule has 21 heavy (non-hydrogen) atoms. The van der Waals surface area contributed by atoms with Crippen molar-refractivity contribution in [2.45, 2.75) is 12.5 Å². The van der Waals surface area contributed by atoms with Crippen LogP contribution in [-0.4, -0.2) is 59.0 Å². The number of aromatic nitrogens is 1. The highest BCUT2D eigenvalue weighted by Crippen LogP contribution is 2.19. The summed E-state index contributed by atoms with van der Waals surface area (Å²) in [6.07, 6.45) is 1.04. The van der Waals surface area contributed by atoms with E-state index in [1.807, 2.05) is 0 Å². The molecule has 0 spiro atoms. The zero-order chi connectivity index (χ0) is 15.4. The molecule has 2 amide bonds. The van der Waals surface area contributed by atoms with E-state index < -0.39 is 30.2 Å². The third-order valence-corrected chi connectivity index (χ3v) is 3.15. The molecular formula is C13H15N3O5. The van der Waals surface area contributed by atoms with Crippen LogP contribution in [0.1, 0.15) is 16.8 Å². The van der Waals surface area contributed by atoms with Gasteiger partial charge in [-0.05, 0) is 12.1 Å². The summed E-state index contributed by atoms with van der Waals surface area (Å²) < 4.78 is 5.02. The molecule has 1 aromatic heterocycles. The van der Waals surface area contributed by atoms with Gasteiger partial charge in [0, 0.05) is 19.3 Å². The van der Waals surface area contributed by atoms with Crippen molar-refractivity contribution in [2.24, 2.45) is 0 Å². The number of carbonyl (C=O) groups is 3. The number of methoxy groups -OCH3 is 1. The third-order valence-electron chi connectivity index (χ3n) is 3.15. The van der Waals surface area contributed by atoms with Crippen molar-refractivity contribution in [3.63, 3.8) is 0 Å². The number of pyridine rings is 1. The molecule has 1 saturated heterocycles. The Morgan fingerprint density at radius 3 is 3.00 bits per heavy atom. The zero-order valence-corrected chi connectivity index (χ0v) is 11.4. The number of rotatable bonds is 4. The summed E-state index contributed by atoms with van der Waals surface area (Å²) in [5.74, 6) is -1.95. The average Bonchev–Trinajstić information content (AvgIpc) is 2.48. The molecule has 112 valence electrons. The van der Waals surface area contributed by atoms with E-state index in [-0.39, 0.29) is 24.5 Å². The second-order valence-electron chi connectivity index (χ2n) is 4.46. The maximum Gasteiger partial charge on any atom is 0.305 e. The summed E-state index contributed by atoms with van der Waals surface area (Å²) >= 11 is 0. The number of hydrogen-bond donors (Lipinski definition) is 2. The molecule has 2 N–H and O–H groups in total. The van der Waals surface area contributed by atoms with Gasteiger partial charge >= 0.3 is 5.97 Å². The van der Waals surface area contributed by atoms with E-state index in [0.29, 0.717) is 0 Å². The van der Waals surface area contributed by atoms with E-state index in [9.17, 15) is 14.4 Å². The van der Waals surface area contributed by atoms with Crippen LogP contribution in [0.15, 0.2) is 18.3 Å². The minimum absolute atomic E-state index is 0.141. The van der Waals surface area contributed by atoms with E-state index in [1.54, 1.807) is 6.07 Å². The van der Waals surface area contributed by atoms with Crippen LogP contribution >= 0.6 is 0 Å². The van der Waals surface area contributed by atoms with Crippen LogP contribution in [0.4, 0.5) is 0 Å². The van der Waals surface area contributed by atoms with Crippen LogP contribution < -0.4 is 10.1 Å². The van der Waals surface area contributed by atoms with Gasteiger partial charge in [0.25, 0.3) is 5.91 Å². The Morgan fingerprint density at radius 1 is 1.57 bits per heavy atom. The molecule has 0 radical (unpaired) electrons. The number of piperazine rings is 1. The van der Waals surface area contributed by atoms with Crippen molar-refractivity contribution >= 4 is 17.8 Å². The average molecular weight is 293 g/mol. The molecule has 1 aliphatic heterocycles. The number of amides is 2. The van der Waals surface area contributed by atoms with Crippen molar-refractivity contribution in [1.82, 2.24) is 15.2 Å². The van der Waals surface area contributed by atoms with Crippen molar-refractivity contribution in [3.8, 4) is 5.88 Å². The van der Waals surface area contributed by atoms with E-state index in [0.717, 1.165) is 0 Å². The number of hydrogen-bond acceptors (Lipinski definition) is 5. The maximum atomic E-state index is 12.5. The summed E-state index contributed by atoms with van der Waals surface area (Å²) in [4.78, 5) is 40.4. The highest BCUT2D eigenvalue weighted by molar-refractivity contribution is 6.00. The number of carbonyl (C=O) groups excluding carboxylic acids is 2. The molecule has 1 aliphatic rings. The minimum atomic E-state index is -1.15. The van der Waals surface area contributed by atoms with Crippen LogP contribution in [0.2, 0.25) is 0 Å². The van der Waals surface area contributed by atoms with Crippen LogP contribution in [-0.2, 0) is 9.59 Å². The van der Waals surface area contributed by atoms with E-state index in [2.05, 4.69) is 10.3 Å². The van der Waals surface area contributed by atoms with E-state index in [4.69, 9.17) is 9.84 Å². The van der Waals surface area contributed by atoms with Gasteiger partial charge in [-0.3, -0.25) is 14.4 Å². The summed E-state index contributed by atoms with van der Waals surface area (Å²) in [5.41, 5.74) is 0.199. The molecule has 8 nitrogen and oxygen atoms in total. The molecule has 0 aromatic carbocycles. The van der Waals surface area contributed by atoms with Crippen molar-refractivity contribution in [3.05, 3.63) is 23.9 Å². The van der Waals surface area contributed by atoms with Crippen LogP contribution in [0.3, 0.4) is 0 Å². The van der Waals surface area contributed by atoms with Gasteiger partial charge in [0.15, 0.2) is 0 Å². The fourth-order valence-corrected chi connectivity index (χ4v) is 2.20. The minimum Gasteiger partial charge on any atom is -0.481 e. The predicted molar refractivity (Wildman–Crippen MR) is 70.9 cm³/mol. The van der Waals surface area contributed by atoms with Gasteiger partial charge in [-0.25, -0.2) is 4.98 Å². The summed E-state index contributed by atoms with van der Waals surface area (Å²) in [6, 6.07) is 2.07. The number of nitrogens with one attached hydrogen (secondary N) is 1. The predicted octanol–water partition coefficient (Wildman–Crippen LogP) is -0.494. The molecule has 1 unspecified atom stereocenters. The molecule has 1 fully saturated rings. The van der Waals surface area contributed by atoms with Gasteiger partial charge in [0.05, 0.1) is 13.5 Å². The van der Waals surface area contributed by atoms with E-state index in [1.165, 1.54) is 24.3 Å². The smallest absolute Gasteiger partial charge is 0.305 e. The lowest BCUT2D eigenvalue weighted by Gasteiger charge is -2.34. The van der Waals surface area contributed by atoms with Crippen molar-refractivity contribution < 1.29 is 24.2 Å². The zero-order valence-electron chi connectivity index (χ0n) is 11.4. The molecule has 2 heterocycles. The lowest BCUT2D eigenvalue weighted by molar-refractivity contribution is -0.142. The first-order chi connectivity index (χ1) is 10.0. The molecule has 1 atom stereocenters. The Balaban J connectivity index is 2.30. The fourth-order valence-electron chi connectivity index (χ4n) is 2.20. The Labute approximate surface area is 120 Å². The Hall–Kier alpha value is -2.64. The highest BCUT2D eigenvalue weighted by atomic mass is 16.5. The first-order valence-corrected chi connectivity index (χ1v) is 6.34. The van der Waals surface area contributed by atoms with Gasteiger partial charge in [-0.1, -0.05) is 0 Å². The Bertz CT molecular complexity index is 575. The van der Waals surface area contributed by atoms with E-state index >= 15 is 0 Å². The van der Waals surface area contributed by atoms with Gasteiger partial charge < -0.3 is 20.1 Å². The second kappa shape index (κ2) is 6.21. The lowest BCUT2D eigenvalue weighted by Crippen LogP contribution is -2.57. The van der Waals surface area contributed by atoms with Crippen molar-refractivity contribution in [2.75, 3.05) is 20.2 Å². The number of carboxylic acid groups (broad SMARTS) is 1. The SMILES string of the molecule is COc1ncccc1C(=O)N1CCNC(=O)C1CC(=O)O. The lowest BCUT2D eigenvalue weighted by atomic mass is 10.1. The molecule has 0 bridgehead atoms. The standard InChI is InChI=1S/C13H15N3O5/c1-21-12-8(3-2-4-15-12)13(20)16-6-5-14-11(19)9(16)7-10(17)18/h2-4,9H,5-7H2,1H3,(H,14,19)(H,17,18). The number of carboxylic acids is 1. The second-order valence-corrected chi connectivity index (χ2v) is 4.46. The quantitative estimate of drug-likeness (QED) is 0.775. The summed E-state index contributed by atoms with van der Waals surface area (Å²) in [5, 5.41) is 11.5. The molecule has 0 saturated carbocycles. The number of aliphatic carboxylic acids is 1.